The van der Waals surface area contributed by atoms with Gasteiger partial charge in [0, 0.05) is 13.6 Å². The summed E-state index contributed by atoms with van der Waals surface area (Å²) in [6.07, 6.45) is 0. The van der Waals surface area contributed by atoms with E-state index in [1.54, 1.807) is 23.6 Å². The maximum Gasteiger partial charge on any atom is 0.252 e. The highest BCUT2D eigenvalue weighted by Crippen LogP contribution is 2.32. The Balaban J connectivity index is 1.56. The number of hydrogen-bond donors (Lipinski definition) is 1. The zero-order valence-electron chi connectivity index (χ0n) is 12.9. The molecule has 1 aromatic heterocycles. The molecule has 128 valence electrons. The van der Waals surface area contributed by atoms with E-state index in [4.69, 9.17) is 9.47 Å². The molecule has 24 heavy (non-hydrogen) atoms. The van der Waals surface area contributed by atoms with Crippen LogP contribution in [0.4, 0.5) is 0 Å². The predicted molar refractivity (Wildman–Crippen MR) is 88.5 cm³/mol. The van der Waals surface area contributed by atoms with Gasteiger partial charge in [-0.1, -0.05) is 12.1 Å². The molecule has 7 nitrogen and oxygen atoms in total. The lowest BCUT2D eigenvalue weighted by atomic mass is 10.2. The van der Waals surface area contributed by atoms with Crippen molar-refractivity contribution in [3.05, 3.63) is 41.3 Å². The van der Waals surface area contributed by atoms with E-state index in [0.29, 0.717) is 11.5 Å². The van der Waals surface area contributed by atoms with E-state index in [9.17, 15) is 13.2 Å². The fourth-order valence-electron chi connectivity index (χ4n) is 2.16. The molecule has 3 rings (SSSR count). The normalized spacial score (nSPS) is 13.2. The molecular weight excluding hydrogens is 352 g/mol. The van der Waals surface area contributed by atoms with Crippen molar-refractivity contribution >= 4 is 27.3 Å². The van der Waals surface area contributed by atoms with Crippen LogP contribution in [0, 0.1) is 0 Å². The molecule has 9 heteroatoms. The summed E-state index contributed by atoms with van der Waals surface area (Å²) in [5, 5.41) is 4.38. The number of nitrogens with one attached hydrogen (secondary N) is 1. The molecule has 0 radical (unpaired) electrons. The molecule has 0 aliphatic carbocycles. The molecule has 0 saturated carbocycles. The Morgan fingerprint density at radius 3 is 2.83 bits per heavy atom. The van der Waals surface area contributed by atoms with Crippen LogP contribution < -0.4 is 14.8 Å². The summed E-state index contributed by atoms with van der Waals surface area (Å²) >= 11 is 1.12. The first-order valence-corrected chi connectivity index (χ1v) is 9.44. The van der Waals surface area contributed by atoms with Crippen LogP contribution >= 0.6 is 11.3 Å². The first kappa shape index (κ1) is 16.7. The van der Waals surface area contributed by atoms with Gasteiger partial charge in [-0.05, 0) is 29.1 Å². The van der Waals surface area contributed by atoms with Crippen LogP contribution in [0.1, 0.15) is 5.56 Å². The number of carbonyl (C=O) groups is 1. The van der Waals surface area contributed by atoms with Gasteiger partial charge in [0.15, 0.2) is 11.5 Å². The molecule has 1 aliphatic rings. The molecule has 0 fully saturated rings. The SMILES string of the molecule is CN(CC(=O)NCc1ccc2c(c1)OCO2)S(=O)(=O)c1cccs1. The Morgan fingerprint density at radius 1 is 1.29 bits per heavy atom. The van der Waals surface area contributed by atoms with Crippen molar-refractivity contribution in [2.45, 2.75) is 10.8 Å². The van der Waals surface area contributed by atoms with Gasteiger partial charge in [-0.2, -0.15) is 4.31 Å². The van der Waals surface area contributed by atoms with Crippen LogP contribution in [-0.2, 0) is 21.4 Å². The van der Waals surface area contributed by atoms with E-state index in [-0.39, 0.29) is 30.0 Å². The molecule has 1 amide bonds. The number of thiophene rings is 1. The second kappa shape index (κ2) is 6.80. The lowest BCUT2D eigenvalue weighted by Crippen LogP contribution is -2.37. The van der Waals surface area contributed by atoms with Crippen molar-refractivity contribution in [2.24, 2.45) is 0 Å². The smallest absolute Gasteiger partial charge is 0.252 e. The lowest BCUT2D eigenvalue weighted by molar-refractivity contribution is -0.121. The van der Waals surface area contributed by atoms with Gasteiger partial charge in [-0.25, -0.2) is 8.42 Å². The summed E-state index contributed by atoms with van der Waals surface area (Å²) in [7, 11) is -2.24. The first-order valence-electron chi connectivity index (χ1n) is 7.12. The number of amides is 1. The van der Waals surface area contributed by atoms with Crippen molar-refractivity contribution in [3.63, 3.8) is 0 Å². The van der Waals surface area contributed by atoms with Crippen LogP contribution in [-0.4, -0.2) is 39.0 Å². The van der Waals surface area contributed by atoms with Gasteiger partial charge in [0.25, 0.3) is 10.0 Å². The minimum absolute atomic E-state index is 0.191. The van der Waals surface area contributed by atoms with Crippen molar-refractivity contribution in [2.75, 3.05) is 20.4 Å². The summed E-state index contributed by atoms with van der Waals surface area (Å²) in [6.45, 7) is 0.226. The molecule has 0 spiro atoms. The third-order valence-electron chi connectivity index (χ3n) is 3.45. The molecule has 1 aliphatic heterocycles. The number of fused-ring (bicyclic) bond motifs is 1. The maximum atomic E-state index is 12.3. The summed E-state index contributed by atoms with van der Waals surface area (Å²) in [4.78, 5) is 12.0. The monoisotopic (exact) mass is 368 g/mol. The zero-order chi connectivity index (χ0) is 17.2. The van der Waals surface area contributed by atoms with E-state index in [1.807, 2.05) is 6.07 Å². The number of likely N-dealkylation sites (N-methyl/N-ethyl adjacent to an activating group) is 1. The standard InChI is InChI=1S/C15H16N2O5S2/c1-17(24(19,20)15-3-2-6-23-15)9-14(18)16-8-11-4-5-12-13(7-11)22-10-21-12/h2-7H,8-10H2,1H3,(H,16,18). The molecule has 2 aromatic rings. The topological polar surface area (TPSA) is 84.9 Å². The largest absolute Gasteiger partial charge is 0.454 e. The van der Waals surface area contributed by atoms with Crippen LogP contribution in [0.2, 0.25) is 0 Å². The molecule has 0 unspecified atom stereocenters. The Morgan fingerprint density at radius 2 is 2.08 bits per heavy atom. The van der Waals surface area contributed by atoms with Crippen molar-refractivity contribution in [3.8, 4) is 11.5 Å². The molecule has 0 saturated heterocycles. The summed E-state index contributed by atoms with van der Waals surface area (Å²) < 4.78 is 36.3. The van der Waals surface area contributed by atoms with E-state index < -0.39 is 10.0 Å². The quantitative estimate of drug-likeness (QED) is 0.833. The number of nitrogens with zero attached hydrogens (tertiary/aromatic N) is 1. The van der Waals surface area contributed by atoms with Gasteiger partial charge in [0.2, 0.25) is 12.7 Å². The zero-order valence-corrected chi connectivity index (χ0v) is 14.5. The molecule has 1 N–H and O–H groups in total. The summed E-state index contributed by atoms with van der Waals surface area (Å²) in [6, 6.07) is 8.55. The predicted octanol–water partition coefficient (Wildman–Crippen LogP) is 1.41. The van der Waals surface area contributed by atoms with Gasteiger partial charge in [-0.15, -0.1) is 11.3 Å². The maximum absolute atomic E-state index is 12.3. The Hall–Kier alpha value is -2.10. The molecule has 1 aromatic carbocycles. The number of hydrogen-bond acceptors (Lipinski definition) is 6. The van der Waals surface area contributed by atoms with Crippen LogP contribution in [0.15, 0.2) is 39.9 Å². The second-order valence-electron chi connectivity index (χ2n) is 5.16. The van der Waals surface area contributed by atoms with Gasteiger partial charge < -0.3 is 14.8 Å². The van der Waals surface area contributed by atoms with Crippen LogP contribution in [0.3, 0.4) is 0 Å². The Kier molecular flexibility index (Phi) is 4.74. The number of ether oxygens (including phenoxy) is 2. The van der Waals surface area contributed by atoms with Gasteiger partial charge >= 0.3 is 0 Å². The summed E-state index contributed by atoms with van der Waals surface area (Å²) in [5.41, 5.74) is 0.844. The average Bonchev–Trinajstić information content (AvgIpc) is 3.23. The minimum atomic E-state index is -3.63. The average molecular weight is 368 g/mol. The lowest BCUT2D eigenvalue weighted by Gasteiger charge is -2.15. The molecule has 0 atom stereocenters. The number of sulfonamides is 1. The van der Waals surface area contributed by atoms with E-state index >= 15 is 0 Å². The second-order valence-corrected chi connectivity index (χ2v) is 8.38. The van der Waals surface area contributed by atoms with Crippen molar-refractivity contribution < 1.29 is 22.7 Å². The van der Waals surface area contributed by atoms with Gasteiger partial charge in [-0.3, -0.25) is 4.79 Å². The molecular formula is C15H16N2O5S2. The van der Waals surface area contributed by atoms with E-state index in [2.05, 4.69) is 5.32 Å². The molecule has 2 heterocycles. The Labute approximate surface area is 143 Å². The van der Waals surface area contributed by atoms with Crippen LogP contribution in [0.25, 0.3) is 0 Å². The van der Waals surface area contributed by atoms with E-state index in [0.717, 1.165) is 21.2 Å². The third kappa shape index (κ3) is 3.53. The van der Waals surface area contributed by atoms with Gasteiger partial charge in [0.05, 0.1) is 6.54 Å². The van der Waals surface area contributed by atoms with Gasteiger partial charge in [0.1, 0.15) is 4.21 Å². The first-order chi connectivity index (χ1) is 11.5. The highest BCUT2D eigenvalue weighted by Gasteiger charge is 2.23. The van der Waals surface area contributed by atoms with Crippen LogP contribution in [0.5, 0.6) is 11.5 Å². The number of benzene rings is 1. The highest BCUT2D eigenvalue weighted by atomic mass is 32.2. The fourth-order valence-corrected chi connectivity index (χ4v) is 4.49. The van der Waals surface area contributed by atoms with Crippen molar-refractivity contribution in [1.82, 2.24) is 9.62 Å². The minimum Gasteiger partial charge on any atom is -0.454 e. The number of carbonyl (C=O) groups excluding carboxylic acids is 1. The molecule has 0 bridgehead atoms. The highest BCUT2D eigenvalue weighted by molar-refractivity contribution is 7.91. The number of rotatable bonds is 6. The van der Waals surface area contributed by atoms with E-state index in [1.165, 1.54) is 13.1 Å². The van der Waals surface area contributed by atoms with Crippen molar-refractivity contribution in [1.29, 1.82) is 0 Å². The fraction of sp³-hybridized carbons (Fsp3) is 0.267. The Bertz CT molecular complexity index is 834. The third-order valence-corrected chi connectivity index (χ3v) is 6.63. The summed E-state index contributed by atoms with van der Waals surface area (Å²) in [5.74, 6) is 0.932.